The normalized spacial score (nSPS) is 26.5. The van der Waals surface area contributed by atoms with Gasteiger partial charge in [-0.2, -0.15) is 0 Å². The van der Waals surface area contributed by atoms with Crippen molar-refractivity contribution in [3.8, 4) is 5.75 Å². The summed E-state index contributed by atoms with van der Waals surface area (Å²) in [7, 11) is 0. The number of ether oxygens (including phenoxy) is 2. The highest BCUT2D eigenvalue weighted by molar-refractivity contribution is 5.70. The number of hydrogen-bond donors (Lipinski definition) is 0. The molecule has 1 aromatic rings. The van der Waals surface area contributed by atoms with Crippen molar-refractivity contribution in [3.05, 3.63) is 29.3 Å². The summed E-state index contributed by atoms with van der Waals surface area (Å²) in [6, 6.07) is 6.01. The van der Waals surface area contributed by atoms with Gasteiger partial charge in [0.25, 0.3) is 0 Å². The average molecular weight is 302 g/mol. The molecule has 3 rings (SSSR count). The Bertz CT molecular complexity index is 593. The van der Waals surface area contributed by atoms with Gasteiger partial charge in [-0.15, -0.1) is 0 Å². The number of fused-ring (bicyclic) bond motifs is 3. The first kappa shape index (κ1) is 15.1. The fourth-order valence-electron chi connectivity index (χ4n) is 4.07. The van der Waals surface area contributed by atoms with Crippen LogP contribution in [0.15, 0.2) is 18.2 Å². The van der Waals surface area contributed by atoms with E-state index in [0.717, 1.165) is 32.1 Å². The van der Waals surface area contributed by atoms with Gasteiger partial charge >= 0.3 is 11.9 Å². The van der Waals surface area contributed by atoms with Gasteiger partial charge in [-0.3, -0.25) is 9.59 Å². The van der Waals surface area contributed by atoms with Crippen LogP contribution in [0.2, 0.25) is 0 Å². The standard InChI is InChI=1S/C18H22O4/c1-11(19)21-14-7-9-15-13(10-14)6-8-17-16(15)4-3-5-18(17)22-12(2)20/h3-5,13-15H,6-10H2,1-2H3/t13-,14-,15+/m0/s1. The Hall–Kier alpha value is -1.84. The fraction of sp³-hybridized carbons (Fsp3) is 0.556. The van der Waals surface area contributed by atoms with E-state index in [9.17, 15) is 9.59 Å². The lowest BCUT2D eigenvalue weighted by atomic mass is 9.67. The Morgan fingerprint density at radius 2 is 1.91 bits per heavy atom. The summed E-state index contributed by atoms with van der Waals surface area (Å²) in [5, 5.41) is 0. The maximum absolute atomic E-state index is 11.3. The Morgan fingerprint density at radius 1 is 1.09 bits per heavy atom. The molecule has 0 radical (unpaired) electrons. The van der Waals surface area contributed by atoms with Gasteiger partial charge in [0.2, 0.25) is 0 Å². The zero-order chi connectivity index (χ0) is 15.7. The van der Waals surface area contributed by atoms with Gasteiger partial charge in [-0.05, 0) is 61.1 Å². The highest BCUT2D eigenvalue weighted by atomic mass is 16.5. The molecule has 0 N–H and O–H groups in total. The second kappa shape index (κ2) is 6.11. The van der Waals surface area contributed by atoms with E-state index in [0.29, 0.717) is 17.6 Å². The summed E-state index contributed by atoms with van der Waals surface area (Å²) in [5.41, 5.74) is 2.50. The lowest BCUT2D eigenvalue weighted by molar-refractivity contribution is -0.148. The van der Waals surface area contributed by atoms with Crippen LogP contribution in [-0.2, 0) is 20.7 Å². The van der Waals surface area contributed by atoms with Crippen LogP contribution in [-0.4, -0.2) is 18.0 Å². The molecule has 0 amide bonds. The highest BCUT2D eigenvalue weighted by Gasteiger charge is 2.37. The van der Waals surface area contributed by atoms with Crippen molar-refractivity contribution >= 4 is 11.9 Å². The van der Waals surface area contributed by atoms with Crippen LogP contribution < -0.4 is 4.74 Å². The van der Waals surface area contributed by atoms with Crippen LogP contribution in [0.4, 0.5) is 0 Å². The summed E-state index contributed by atoms with van der Waals surface area (Å²) in [5.74, 6) is 1.31. The second-order valence-corrected chi connectivity index (χ2v) is 6.37. The zero-order valence-electron chi connectivity index (χ0n) is 13.1. The SMILES string of the molecule is CC(=O)Oc1cccc2c1CC[C@H]1C[C@@H](OC(C)=O)CC[C@@H]21. The quantitative estimate of drug-likeness (QED) is 0.621. The number of benzene rings is 1. The molecule has 0 aliphatic heterocycles. The third-order valence-corrected chi connectivity index (χ3v) is 4.85. The molecule has 4 nitrogen and oxygen atoms in total. The summed E-state index contributed by atoms with van der Waals surface area (Å²) in [6.45, 7) is 2.92. The maximum atomic E-state index is 11.3. The Labute approximate surface area is 130 Å². The average Bonchev–Trinajstić information content (AvgIpc) is 2.45. The van der Waals surface area contributed by atoms with Crippen molar-refractivity contribution in [2.75, 3.05) is 0 Å². The number of esters is 2. The minimum atomic E-state index is -0.269. The van der Waals surface area contributed by atoms with Gasteiger partial charge < -0.3 is 9.47 Å². The summed E-state index contributed by atoms with van der Waals surface area (Å²) >= 11 is 0. The summed E-state index contributed by atoms with van der Waals surface area (Å²) < 4.78 is 10.8. The monoisotopic (exact) mass is 302 g/mol. The Kier molecular flexibility index (Phi) is 4.19. The summed E-state index contributed by atoms with van der Waals surface area (Å²) in [4.78, 5) is 22.4. The van der Waals surface area contributed by atoms with Crippen LogP contribution in [0.1, 0.15) is 56.6 Å². The molecule has 118 valence electrons. The van der Waals surface area contributed by atoms with Gasteiger partial charge in [0.05, 0.1) is 0 Å². The van der Waals surface area contributed by atoms with Crippen LogP contribution >= 0.6 is 0 Å². The van der Waals surface area contributed by atoms with Crippen LogP contribution in [0.3, 0.4) is 0 Å². The molecule has 0 bridgehead atoms. The second-order valence-electron chi connectivity index (χ2n) is 6.37. The third kappa shape index (κ3) is 3.01. The molecule has 0 aromatic heterocycles. The molecule has 2 aliphatic rings. The van der Waals surface area contributed by atoms with Gasteiger partial charge in [0.1, 0.15) is 11.9 Å². The van der Waals surface area contributed by atoms with Gasteiger partial charge in [0, 0.05) is 13.8 Å². The molecule has 0 spiro atoms. The van der Waals surface area contributed by atoms with E-state index in [2.05, 4.69) is 6.07 Å². The molecule has 1 aromatic carbocycles. The van der Waals surface area contributed by atoms with E-state index in [1.165, 1.54) is 25.0 Å². The predicted molar refractivity (Wildman–Crippen MR) is 81.7 cm³/mol. The van der Waals surface area contributed by atoms with E-state index >= 15 is 0 Å². The molecule has 0 unspecified atom stereocenters. The molecular formula is C18H22O4. The topological polar surface area (TPSA) is 52.6 Å². The minimum Gasteiger partial charge on any atom is -0.463 e. The molecule has 0 saturated heterocycles. The van der Waals surface area contributed by atoms with Crippen molar-refractivity contribution < 1.29 is 19.1 Å². The third-order valence-electron chi connectivity index (χ3n) is 4.85. The first-order valence-corrected chi connectivity index (χ1v) is 8.02. The van der Waals surface area contributed by atoms with Gasteiger partial charge in [-0.1, -0.05) is 12.1 Å². The molecule has 4 heteroatoms. The fourth-order valence-corrected chi connectivity index (χ4v) is 4.07. The van der Waals surface area contributed by atoms with E-state index in [4.69, 9.17) is 9.47 Å². The van der Waals surface area contributed by atoms with E-state index < -0.39 is 0 Å². The van der Waals surface area contributed by atoms with Crippen molar-refractivity contribution in [1.82, 2.24) is 0 Å². The first-order valence-electron chi connectivity index (χ1n) is 8.02. The maximum Gasteiger partial charge on any atom is 0.308 e. The Morgan fingerprint density at radius 3 is 2.64 bits per heavy atom. The number of carbonyl (C=O) groups is 2. The first-order chi connectivity index (χ1) is 10.5. The van der Waals surface area contributed by atoms with Gasteiger partial charge in [0.15, 0.2) is 0 Å². The molecule has 1 fully saturated rings. The zero-order valence-corrected chi connectivity index (χ0v) is 13.1. The molecule has 2 aliphatic carbocycles. The molecular weight excluding hydrogens is 280 g/mol. The molecule has 0 heterocycles. The predicted octanol–water partition coefficient (Wildman–Crippen LogP) is 3.37. The van der Waals surface area contributed by atoms with Crippen molar-refractivity contribution in [3.63, 3.8) is 0 Å². The van der Waals surface area contributed by atoms with Crippen LogP contribution in [0.5, 0.6) is 5.75 Å². The molecule has 3 atom stereocenters. The van der Waals surface area contributed by atoms with Crippen molar-refractivity contribution in [2.24, 2.45) is 5.92 Å². The van der Waals surface area contributed by atoms with Crippen molar-refractivity contribution in [1.29, 1.82) is 0 Å². The van der Waals surface area contributed by atoms with E-state index in [1.54, 1.807) is 0 Å². The lowest BCUT2D eigenvalue weighted by Crippen LogP contribution is -2.32. The molecule has 22 heavy (non-hydrogen) atoms. The van der Waals surface area contributed by atoms with Crippen LogP contribution in [0, 0.1) is 5.92 Å². The minimum absolute atomic E-state index is 0.0666. The number of rotatable bonds is 2. The number of hydrogen-bond acceptors (Lipinski definition) is 4. The number of carbonyl (C=O) groups excluding carboxylic acids is 2. The highest BCUT2D eigenvalue weighted by Crippen LogP contribution is 2.47. The van der Waals surface area contributed by atoms with E-state index in [-0.39, 0.29) is 18.0 Å². The van der Waals surface area contributed by atoms with Gasteiger partial charge in [-0.25, -0.2) is 0 Å². The van der Waals surface area contributed by atoms with Crippen molar-refractivity contribution in [2.45, 2.75) is 58.0 Å². The molecule has 1 saturated carbocycles. The van der Waals surface area contributed by atoms with E-state index in [1.807, 2.05) is 12.1 Å². The van der Waals surface area contributed by atoms with Crippen LogP contribution in [0.25, 0.3) is 0 Å². The summed E-state index contributed by atoms with van der Waals surface area (Å²) in [6.07, 6.45) is 4.94. The lowest BCUT2D eigenvalue weighted by Gasteiger charge is -2.40. The Balaban J connectivity index is 1.81. The largest absolute Gasteiger partial charge is 0.463 e. The smallest absolute Gasteiger partial charge is 0.308 e.